The number of halogens is 3. The molecule has 0 aliphatic heterocycles. The summed E-state index contributed by atoms with van der Waals surface area (Å²) >= 11 is 0. The minimum absolute atomic E-state index is 0.0502. The highest BCUT2D eigenvalue weighted by atomic mass is 19.4. The molecule has 0 radical (unpaired) electrons. The van der Waals surface area contributed by atoms with Crippen molar-refractivity contribution in [1.29, 1.82) is 0 Å². The lowest BCUT2D eigenvalue weighted by Crippen LogP contribution is -2.39. The molecular weight excluding hydrogens is 347 g/mol. The van der Waals surface area contributed by atoms with Gasteiger partial charge in [0.1, 0.15) is 0 Å². The number of aromatic nitrogens is 2. The van der Waals surface area contributed by atoms with Gasteiger partial charge in [0.15, 0.2) is 0 Å². The van der Waals surface area contributed by atoms with Gasteiger partial charge in [-0.3, -0.25) is 4.79 Å². The summed E-state index contributed by atoms with van der Waals surface area (Å²) in [5, 5.41) is 6.31. The van der Waals surface area contributed by atoms with Crippen molar-refractivity contribution < 1.29 is 22.5 Å². The van der Waals surface area contributed by atoms with Crippen molar-refractivity contribution in [3.05, 3.63) is 35.7 Å². The summed E-state index contributed by atoms with van der Waals surface area (Å²) in [6, 6.07) is 6.66. The lowest BCUT2D eigenvalue weighted by molar-refractivity contribution is -0.159. The van der Waals surface area contributed by atoms with Gasteiger partial charge in [0.25, 0.3) is 0 Å². The molecule has 1 saturated carbocycles. The van der Waals surface area contributed by atoms with Crippen molar-refractivity contribution in [1.82, 2.24) is 15.5 Å². The molecular formula is C18H20F3N3O2. The van der Waals surface area contributed by atoms with Gasteiger partial charge in [0.05, 0.1) is 0 Å². The van der Waals surface area contributed by atoms with Crippen molar-refractivity contribution in [3.8, 4) is 11.4 Å². The quantitative estimate of drug-likeness (QED) is 0.873. The molecule has 1 heterocycles. The van der Waals surface area contributed by atoms with E-state index in [1.165, 1.54) is 6.42 Å². The molecule has 8 heteroatoms. The first-order valence-corrected chi connectivity index (χ1v) is 8.56. The first-order chi connectivity index (χ1) is 12.3. The van der Waals surface area contributed by atoms with Gasteiger partial charge in [-0.05, 0) is 18.4 Å². The number of carbonyl (C=O) groups is 1. The van der Waals surface area contributed by atoms with Crippen LogP contribution in [0.3, 0.4) is 0 Å². The zero-order valence-electron chi connectivity index (χ0n) is 14.4. The van der Waals surface area contributed by atoms with E-state index in [0.29, 0.717) is 12.1 Å². The maximum absolute atomic E-state index is 12.5. The Bertz CT molecular complexity index is 763. The molecule has 0 spiro atoms. The van der Waals surface area contributed by atoms with Crippen LogP contribution in [0.25, 0.3) is 11.4 Å². The molecule has 2 aromatic rings. The first kappa shape index (κ1) is 18.4. The van der Waals surface area contributed by atoms with Gasteiger partial charge < -0.3 is 9.84 Å². The highest BCUT2D eigenvalue weighted by Gasteiger charge is 2.38. The van der Waals surface area contributed by atoms with Gasteiger partial charge in [-0.15, -0.1) is 0 Å². The molecule has 1 aliphatic carbocycles. The Balaban J connectivity index is 1.61. The Kier molecular flexibility index (Phi) is 5.02. The number of rotatable bonds is 4. The van der Waals surface area contributed by atoms with Crippen LogP contribution >= 0.6 is 0 Å². The summed E-state index contributed by atoms with van der Waals surface area (Å²) in [6.45, 7) is 2.37. The van der Waals surface area contributed by atoms with Crippen molar-refractivity contribution in [2.75, 3.05) is 0 Å². The van der Waals surface area contributed by atoms with E-state index in [0.717, 1.165) is 31.2 Å². The van der Waals surface area contributed by atoms with E-state index >= 15 is 0 Å². The molecule has 1 N–H and O–H groups in total. The van der Waals surface area contributed by atoms with E-state index in [1.54, 1.807) is 24.3 Å². The minimum atomic E-state index is -4.66. The monoisotopic (exact) mass is 367 g/mol. The van der Waals surface area contributed by atoms with E-state index in [1.807, 2.05) is 6.92 Å². The second-order valence-electron chi connectivity index (χ2n) is 6.92. The van der Waals surface area contributed by atoms with Crippen LogP contribution < -0.4 is 5.32 Å². The molecule has 0 unspecified atom stereocenters. The summed E-state index contributed by atoms with van der Waals surface area (Å²) < 4.78 is 41.7. The fourth-order valence-corrected chi connectivity index (χ4v) is 3.18. The maximum Gasteiger partial charge on any atom is 0.471 e. The lowest BCUT2D eigenvalue weighted by atomic mass is 9.75. The molecule has 3 rings (SSSR count). The zero-order valence-corrected chi connectivity index (χ0v) is 14.4. The molecule has 26 heavy (non-hydrogen) atoms. The zero-order chi connectivity index (χ0) is 18.8. The van der Waals surface area contributed by atoms with Gasteiger partial charge in [0.2, 0.25) is 11.7 Å². The van der Waals surface area contributed by atoms with Crippen molar-refractivity contribution in [3.63, 3.8) is 0 Å². The Morgan fingerprint density at radius 1 is 1.19 bits per heavy atom. The van der Waals surface area contributed by atoms with Crippen LogP contribution in [-0.2, 0) is 17.5 Å². The molecule has 1 aromatic carbocycles. The second kappa shape index (κ2) is 7.09. The highest BCUT2D eigenvalue weighted by molar-refractivity contribution is 5.82. The molecule has 1 aliphatic rings. The van der Waals surface area contributed by atoms with E-state index in [4.69, 9.17) is 0 Å². The average molecular weight is 367 g/mol. The molecule has 0 bridgehead atoms. The number of carbonyl (C=O) groups excluding carboxylic acids is 1. The van der Waals surface area contributed by atoms with Crippen LogP contribution in [0.2, 0.25) is 0 Å². The Morgan fingerprint density at radius 2 is 1.85 bits per heavy atom. The Labute approximate surface area is 149 Å². The van der Waals surface area contributed by atoms with Gasteiger partial charge in [-0.2, -0.15) is 18.2 Å². The fraction of sp³-hybridized carbons (Fsp3) is 0.500. The Hall–Kier alpha value is -2.38. The summed E-state index contributed by atoms with van der Waals surface area (Å²) in [7, 11) is 0. The van der Waals surface area contributed by atoms with Crippen molar-refractivity contribution in [2.45, 2.75) is 51.7 Å². The predicted octanol–water partition coefficient (Wildman–Crippen LogP) is 4.34. The summed E-state index contributed by atoms with van der Waals surface area (Å²) in [4.78, 5) is 15.8. The largest absolute Gasteiger partial charge is 0.471 e. The smallest absolute Gasteiger partial charge is 0.352 e. The molecule has 1 aromatic heterocycles. The molecule has 0 saturated heterocycles. The normalized spacial score (nSPS) is 17.1. The van der Waals surface area contributed by atoms with Crippen LogP contribution in [0, 0.1) is 5.41 Å². The molecule has 140 valence electrons. The van der Waals surface area contributed by atoms with Crippen molar-refractivity contribution in [2.24, 2.45) is 5.41 Å². The summed E-state index contributed by atoms with van der Waals surface area (Å²) in [5.41, 5.74) is 0.955. The number of alkyl halides is 3. The van der Waals surface area contributed by atoms with Crippen molar-refractivity contribution >= 4 is 5.91 Å². The third kappa shape index (κ3) is 4.05. The molecule has 0 atom stereocenters. The topological polar surface area (TPSA) is 68.0 Å². The average Bonchev–Trinajstić information content (AvgIpc) is 3.11. The maximum atomic E-state index is 12.5. The summed E-state index contributed by atoms with van der Waals surface area (Å²) in [6.07, 6.45) is 0.460. The van der Waals surface area contributed by atoms with Crippen LogP contribution in [0.4, 0.5) is 13.2 Å². The van der Waals surface area contributed by atoms with Gasteiger partial charge in [0, 0.05) is 17.5 Å². The van der Waals surface area contributed by atoms with Gasteiger partial charge >= 0.3 is 12.1 Å². The predicted molar refractivity (Wildman–Crippen MR) is 87.8 cm³/mol. The fourth-order valence-electron chi connectivity index (χ4n) is 3.18. The van der Waals surface area contributed by atoms with Crippen LogP contribution in [0.5, 0.6) is 0 Å². The third-order valence-electron chi connectivity index (χ3n) is 4.84. The molecule has 5 nitrogen and oxygen atoms in total. The standard InChI is InChI=1S/C18H20F3N3O2/c1-17(9-3-2-4-10-17)15(25)22-11-12-5-7-13(8-6-12)14-23-16(26-24-14)18(19,20)21/h5-8H,2-4,9-11H2,1H3,(H,22,25). The number of benzene rings is 1. The summed E-state index contributed by atoms with van der Waals surface area (Å²) in [5.74, 6) is -1.44. The second-order valence-corrected chi connectivity index (χ2v) is 6.92. The minimum Gasteiger partial charge on any atom is -0.352 e. The first-order valence-electron chi connectivity index (χ1n) is 8.56. The lowest BCUT2D eigenvalue weighted by Gasteiger charge is -2.32. The number of nitrogens with zero attached hydrogens (tertiary/aromatic N) is 2. The van der Waals surface area contributed by atoms with Gasteiger partial charge in [-0.1, -0.05) is 55.6 Å². The number of hydrogen-bond acceptors (Lipinski definition) is 4. The Morgan fingerprint density at radius 3 is 2.42 bits per heavy atom. The number of hydrogen-bond donors (Lipinski definition) is 1. The van der Waals surface area contributed by atoms with E-state index in [-0.39, 0.29) is 17.1 Å². The highest BCUT2D eigenvalue weighted by Crippen LogP contribution is 2.36. The van der Waals surface area contributed by atoms with E-state index < -0.39 is 12.1 Å². The SMILES string of the molecule is CC1(C(=O)NCc2ccc(-c3noc(C(F)(F)F)n3)cc2)CCCCC1. The van der Waals surface area contributed by atoms with Crippen LogP contribution in [-0.4, -0.2) is 16.0 Å². The van der Waals surface area contributed by atoms with E-state index in [2.05, 4.69) is 20.0 Å². The molecule has 1 amide bonds. The number of amides is 1. The van der Waals surface area contributed by atoms with Gasteiger partial charge in [-0.25, -0.2) is 0 Å². The molecule has 1 fully saturated rings. The third-order valence-corrected chi connectivity index (χ3v) is 4.84. The van der Waals surface area contributed by atoms with Crippen LogP contribution in [0.15, 0.2) is 28.8 Å². The van der Waals surface area contributed by atoms with Crippen LogP contribution in [0.1, 0.15) is 50.5 Å². The number of nitrogens with one attached hydrogen (secondary N) is 1. The van der Waals surface area contributed by atoms with E-state index in [9.17, 15) is 18.0 Å².